The minimum absolute atomic E-state index is 0.0712. The van der Waals surface area contributed by atoms with Crippen LogP contribution in [0.4, 0.5) is 16.3 Å². The number of pyridine rings is 1. The zero-order valence-electron chi connectivity index (χ0n) is 20.6. The Labute approximate surface area is 210 Å². The molecule has 11 nitrogen and oxygen atoms in total. The Morgan fingerprint density at radius 3 is 2.39 bits per heavy atom. The van der Waals surface area contributed by atoms with Gasteiger partial charge < -0.3 is 24.4 Å². The number of rotatable bonds is 8. The highest BCUT2D eigenvalue weighted by molar-refractivity contribution is 7.92. The Morgan fingerprint density at radius 2 is 1.81 bits per heavy atom. The number of anilines is 2. The molecule has 2 aliphatic heterocycles. The molecule has 3 aliphatic rings. The summed E-state index contributed by atoms with van der Waals surface area (Å²) in [7, 11) is -1.84. The Hall–Kier alpha value is -3.15. The van der Waals surface area contributed by atoms with Crippen molar-refractivity contribution in [3.8, 4) is 11.6 Å². The summed E-state index contributed by atoms with van der Waals surface area (Å²) in [6.07, 6.45) is 6.88. The smallest absolute Gasteiger partial charge is 0.410 e. The van der Waals surface area contributed by atoms with Crippen LogP contribution in [-0.2, 0) is 14.6 Å². The van der Waals surface area contributed by atoms with E-state index in [-0.39, 0.29) is 40.7 Å². The van der Waals surface area contributed by atoms with Gasteiger partial charge in [-0.3, -0.25) is 0 Å². The van der Waals surface area contributed by atoms with Crippen LogP contribution in [0.2, 0.25) is 0 Å². The van der Waals surface area contributed by atoms with Gasteiger partial charge in [-0.1, -0.05) is 0 Å². The molecular weight excluding hydrogens is 486 g/mol. The molecule has 12 heteroatoms. The molecule has 3 fully saturated rings. The van der Waals surface area contributed by atoms with Gasteiger partial charge in [0.2, 0.25) is 5.75 Å². The fourth-order valence-corrected chi connectivity index (χ4v) is 6.52. The summed E-state index contributed by atoms with van der Waals surface area (Å²) >= 11 is 0. The molecule has 2 bridgehead atoms. The summed E-state index contributed by atoms with van der Waals surface area (Å²) in [5.74, 6) is 1.02. The average molecular weight is 518 g/mol. The van der Waals surface area contributed by atoms with E-state index in [0.29, 0.717) is 48.8 Å². The van der Waals surface area contributed by atoms with Gasteiger partial charge in [0.1, 0.15) is 12.4 Å². The quantitative estimate of drug-likeness (QED) is 0.555. The summed E-state index contributed by atoms with van der Waals surface area (Å²) < 4.78 is 42.0. The maximum Gasteiger partial charge on any atom is 0.410 e. The van der Waals surface area contributed by atoms with E-state index >= 15 is 0 Å². The van der Waals surface area contributed by atoms with Gasteiger partial charge >= 0.3 is 6.09 Å². The maximum atomic E-state index is 12.5. The molecule has 2 aromatic heterocycles. The Kier molecular flexibility index (Phi) is 6.62. The first-order valence-electron chi connectivity index (χ1n) is 12.3. The number of amides is 1. The molecule has 4 heterocycles. The number of fused-ring (bicyclic) bond motifs is 2. The molecule has 194 valence electrons. The molecule has 2 saturated heterocycles. The van der Waals surface area contributed by atoms with Crippen LogP contribution >= 0.6 is 0 Å². The van der Waals surface area contributed by atoms with Gasteiger partial charge in [0, 0.05) is 24.9 Å². The summed E-state index contributed by atoms with van der Waals surface area (Å²) in [4.78, 5) is 27.1. The molecule has 36 heavy (non-hydrogen) atoms. The first-order chi connectivity index (χ1) is 17.3. The van der Waals surface area contributed by atoms with Crippen molar-refractivity contribution in [2.75, 3.05) is 12.4 Å². The van der Waals surface area contributed by atoms with E-state index in [9.17, 15) is 13.2 Å². The van der Waals surface area contributed by atoms with E-state index in [4.69, 9.17) is 14.2 Å². The number of methoxy groups -OCH3 is 1. The minimum atomic E-state index is -3.35. The highest BCUT2D eigenvalue weighted by Crippen LogP contribution is 2.40. The molecule has 0 aromatic carbocycles. The number of aromatic nitrogens is 3. The molecular formula is C24H31N5O6S. The third-order valence-electron chi connectivity index (χ3n) is 6.74. The molecule has 1 N–H and O–H groups in total. The van der Waals surface area contributed by atoms with Crippen molar-refractivity contribution in [1.29, 1.82) is 0 Å². The van der Waals surface area contributed by atoms with Crippen molar-refractivity contribution < 1.29 is 27.4 Å². The Balaban J connectivity index is 1.27. The topological polar surface area (TPSA) is 133 Å². The molecule has 3 atom stereocenters. The predicted octanol–water partition coefficient (Wildman–Crippen LogP) is 3.48. The van der Waals surface area contributed by atoms with Crippen molar-refractivity contribution in [2.45, 2.75) is 86.9 Å². The molecule has 1 amide bonds. The number of sulfone groups is 1. The van der Waals surface area contributed by atoms with E-state index in [1.54, 1.807) is 6.07 Å². The second-order valence-electron chi connectivity index (χ2n) is 9.75. The predicted molar refractivity (Wildman–Crippen MR) is 130 cm³/mol. The second-order valence-corrected chi connectivity index (χ2v) is 11.9. The van der Waals surface area contributed by atoms with E-state index < -0.39 is 9.84 Å². The first kappa shape index (κ1) is 24.5. The van der Waals surface area contributed by atoms with Gasteiger partial charge in [0.25, 0.3) is 5.88 Å². The second kappa shape index (κ2) is 9.72. The summed E-state index contributed by atoms with van der Waals surface area (Å²) in [5.41, 5.74) is 0.558. The van der Waals surface area contributed by atoms with Crippen molar-refractivity contribution in [3.05, 3.63) is 24.7 Å². The van der Waals surface area contributed by atoms with Crippen molar-refractivity contribution in [3.63, 3.8) is 0 Å². The van der Waals surface area contributed by atoms with Crippen LogP contribution in [0.25, 0.3) is 0 Å². The fraction of sp³-hybridized carbons (Fsp3) is 0.583. The number of nitrogens with one attached hydrogen (secondary N) is 1. The van der Waals surface area contributed by atoms with Crippen LogP contribution in [-0.4, -0.2) is 71.0 Å². The van der Waals surface area contributed by atoms with Gasteiger partial charge in [0.05, 0.1) is 30.3 Å². The SMILES string of the molecule is COc1c(Nc2ccc(S(=O)(=O)C3CC3)nc2)ncnc1O[C@H]1CC2CC[C@@H](C1)N2C(=O)OC(C)C. The lowest BCUT2D eigenvalue weighted by Crippen LogP contribution is -2.49. The summed E-state index contributed by atoms with van der Waals surface area (Å²) in [6.45, 7) is 3.70. The molecule has 0 radical (unpaired) electrons. The molecule has 0 spiro atoms. The molecule has 5 rings (SSSR count). The third-order valence-corrected chi connectivity index (χ3v) is 8.92. The number of ether oxygens (including phenoxy) is 3. The average Bonchev–Trinajstić information content (AvgIpc) is 3.65. The van der Waals surface area contributed by atoms with Crippen LogP contribution in [0, 0.1) is 0 Å². The number of piperidine rings is 1. The van der Waals surface area contributed by atoms with Gasteiger partial charge in [-0.25, -0.2) is 23.2 Å². The number of carbonyl (C=O) groups excluding carboxylic acids is 1. The van der Waals surface area contributed by atoms with Crippen LogP contribution < -0.4 is 14.8 Å². The highest BCUT2D eigenvalue weighted by atomic mass is 32.2. The van der Waals surface area contributed by atoms with Crippen molar-refractivity contribution >= 4 is 27.4 Å². The third kappa shape index (κ3) is 4.91. The minimum Gasteiger partial charge on any atom is -0.489 e. The molecule has 1 saturated carbocycles. The van der Waals surface area contributed by atoms with Gasteiger partial charge in [-0.05, 0) is 51.7 Å². The first-order valence-corrected chi connectivity index (χ1v) is 13.8. The van der Waals surface area contributed by atoms with E-state index in [2.05, 4.69) is 20.3 Å². The van der Waals surface area contributed by atoms with E-state index in [1.165, 1.54) is 25.7 Å². The molecule has 1 aliphatic carbocycles. The van der Waals surface area contributed by atoms with Gasteiger partial charge in [-0.15, -0.1) is 0 Å². The van der Waals surface area contributed by atoms with Crippen LogP contribution in [0.1, 0.15) is 52.4 Å². The van der Waals surface area contributed by atoms with Crippen LogP contribution in [0.5, 0.6) is 11.6 Å². The fourth-order valence-electron chi connectivity index (χ4n) is 4.96. The lowest BCUT2D eigenvalue weighted by Gasteiger charge is -2.38. The number of nitrogens with zero attached hydrogens (tertiary/aromatic N) is 4. The van der Waals surface area contributed by atoms with Crippen molar-refractivity contribution in [1.82, 2.24) is 19.9 Å². The Morgan fingerprint density at radius 1 is 1.08 bits per heavy atom. The Bertz CT molecular complexity index is 1200. The molecule has 1 unspecified atom stereocenters. The standard InChI is InChI=1S/C24H31N5O6S/c1-14(2)34-24(30)29-16-5-6-17(29)11-18(10-16)35-23-21(33-3)22(26-13-27-23)28-15-4-9-20(25-12-15)36(31,32)19-7-8-19/h4,9,12-14,16-19H,5-8,10-11H2,1-3H3,(H,26,27,28)/t16-,17?,18+/m0/s1. The zero-order valence-corrected chi connectivity index (χ0v) is 21.4. The monoisotopic (exact) mass is 517 g/mol. The maximum absolute atomic E-state index is 12.5. The lowest BCUT2D eigenvalue weighted by molar-refractivity contribution is 0.0202. The van der Waals surface area contributed by atoms with Crippen molar-refractivity contribution in [2.24, 2.45) is 0 Å². The number of hydrogen-bond donors (Lipinski definition) is 1. The normalized spacial score (nSPS) is 23.4. The summed E-state index contributed by atoms with van der Waals surface area (Å²) in [5, 5.41) is 2.88. The molecule has 2 aromatic rings. The lowest BCUT2D eigenvalue weighted by atomic mass is 10.0. The summed E-state index contributed by atoms with van der Waals surface area (Å²) in [6, 6.07) is 3.28. The highest BCUT2D eigenvalue weighted by Gasteiger charge is 2.45. The number of carbonyl (C=O) groups is 1. The van der Waals surface area contributed by atoms with Crippen LogP contribution in [0.3, 0.4) is 0 Å². The zero-order chi connectivity index (χ0) is 25.4. The van der Waals surface area contributed by atoms with Crippen LogP contribution in [0.15, 0.2) is 29.7 Å². The number of hydrogen-bond acceptors (Lipinski definition) is 10. The van der Waals surface area contributed by atoms with Gasteiger partial charge in [-0.2, -0.15) is 4.98 Å². The van der Waals surface area contributed by atoms with E-state index in [1.807, 2.05) is 18.7 Å². The van der Waals surface area contributed by atoms with E-state index in [0.717, 1.165) is 12.8 Å². The van der Waals surface area contributed by atoms with Gasteiger partial charge in [0.15, 0.2) is 20.7 Å². The largest absolute Gasteiger partial charge is 0.489 e.